The highest BCUT2D eigenvalue weighted by Gasteiger charge is 1.96. The highest BCUT2D eigenvalue weighted by molar-refractivity contribution is 8.11. The third-order valence-corrected chi connectivity index (χ3v) is 1.95. The van der Waals surface area contributed by atoms with E-state index in [4.69, 9.17) is 12.2 Å². The van der Waals surface area contributed by atoms with Crippen LogP contribution in [0.2, 0.25) is 0 Å². The Kier molecular flexibility index (Phi) is 4.10. The van der Waals surface area contributed by atoms with Crippen LogP contribution in [0, 0.1) is 6.92 Å². The summed E-state index contributed by atoms with van der Waals surface area (Å²) in [4.78, 5) is 0. The zero-order valence-corrected chi connectivity index (χ0v) is 9.82. The van der Waals surface area contributed by atoms with Crippen LogP contribution in [-0.2, 0) is 0 Å². The summed E-state index contributed by atoms with van der Waals surface area (Å²) in [7, 11) is 0. The molecule has 14 heavy (non-hydrogen) atoms. The van der Waals surface area contributed by atoms with Gasteiger partial charge >= 0.3 is 0 Å². The number of aryl methyl sites for hydroxylation is 1. The van der Waals surface area contributed by atoms with Crippen LogP contribution >= 0.6 is 24.8 Å². The fourth-order valence-electron chi connectivity index (χ4n) is 1.07. The Morgan fingerprint density at radius 2 is 2.21 bits per heavy atom. The second-order valence-corrected chi connectivity index (χ2v) is 4.14. The average Bonchev–Trinajstić information content (AvgIpc) is 2.14. The first kappa shape index (κ1) is 11.2. The molecule has 0 saturated heterocycles. The van der Waals surface area contributed by atoms with Gasteiger partial charge in [-0.05, 0) is 19.4 Å². The van der Waals surface area contributed by atoms with Gasteiger partial charge in [0.15, 0.2) is 4.32 Å². The molecular formula is C10H12N2S2. The second-order valence-electron chi connectivity index (χ2n) is 2.98. The van der Waals surface area contributed by atoms with Crippen molar-refractivity contribution in [2.75, 3.05) is 0 Å². The van der Waals surface area contributed by atoms with Crippen molar-refractivity contribution in [3.8, 4) is 0 Å². The van der Waals surface area contributed by atoms with Crippen molar-refractivity contribution in [1.29, 1.82) is 0 Å². The van der Waals surface area contributed by atoms with Crippen molar-refractivity contribution in [2.24, 2.45) is 5.10 Å². The topological polar surface area (TPSA) is 24.4 Å². The number of thiocarbonyl (C=S) groups is 1. The van der Waals surface area contributed by atoms with Crippen LogP contribution < -0.4 is 5.43 Å². The van der Waals surface area contributed by atoms with E-state index in [0.717, 1.165) is 11.3 Å². The Balaban J connectivity index is 2.83. The molecule has 1 N–H and O–H groups in total. The van der Waals surface area contributed by atoms with Gasteiger partial charge in [0.1, 0.15) is 0 Å². The fourth-order valence-corrected chi connectivity index (χ4v) is 1.16. The Labute approximate surface area is 94.8 Å². The van der Waals surface area contributed by atoms with Crippen molar-refractivity contribution in [3.63, 3.8) is 0 Å². The number of thiol groups is 1. The van der Waals surface area contributed by atoms with Crippen LogP contribution in [-0.4, -0.2) is 10.0 Å². The molecule has 0 fully saturated rings. The molecule has 0 aliphatic rings. The molecule has 74 valence electrons. The summed E-state index contributed by atoms with van der Waals surface area (Å²) in [6, 6.07) is 8.13. The van der Waals surface area contributed by atoms with Gasteiger partial charge in [-0.15, -0.1) is 12.6 Å². The van der Waals surface area contributed by atoms with E-state index in [-0.39, 0.29) is 0 Å². The number of hydrogen-bond donors (Lipinski definition) is 2. The number of hydrazone groups is 1. The molecule has 1 aromatic rings. The van der Waals surface area contributed by atoms with Gasteiger partial charge in [0, 0.05) is 0 Å². The monoisotopic (exact) mass is 224 g/mol. The normalized spacial score (nSPS) is 11.2. The zero-order valence-electron chi connectivity index (χ0n) is 8.11. The van der Waals surface area contributed by atoms with E-state index in [2.05, 4.69) is 29.2 Å². The van der Waals surface area contributed by atoms with E-state index < -0.39 is 0 Å². The standard InChI is InChI=1S/C10H12N2S2/c1-7-4-3-5-9(6-7)8(2)11-12-10(13)14/h3-6H,1-2H3,(H2,12,13,14). The Bertz CT molecular complexity index is 372. The Morgan fingerprint density at radius 1 is 1.50 bits per heavy atom. The Morgan fingerprint density at radius 3 is 2.79 bits per heavy atom. The lowest BCUT2D eigenvalue weighted by Gasteiger charge is -2.02. The molecule has 0 radical (unpaired) electrons. The van der Waals surface area contributed by atoms with Crippen molar-refractivity contribution >= 4 is 34.9 Å². The molecule has 0 spiro atoms. The van der Waals surface area contributed by atoms with Gasteiger partial charge in [0.2, 0.25) is 0 Å². The van der Waals surface area contributed by atoms with Gasteiger partial charge in [-0.1, -0.05) is 42.0 Å². The molecule has 0 aliphatic carbocycles. The second kappa shape index (κ2) is 5.12. The molecular weight excluding hydrogens is 212 g/mol. The first-order chi connectivity index (χ1) is 6.59. The summed E-state index contributed by atoms with van der Waals surface area (Å²) in [5.41, 5.74) is 5.84. The Hall–Kier alpha value is -0.870. The smallest absolute Gasteiger partial charge is 0.150 e. The quantitative estimate of drug-likeness (QED) is 0.349. The van der Waals surface area contributed by atoms with Crippen LogP contribution in [0.15, 0.2) is 29.4 Å². The first-order valence-electron chi connectivity index (χ1n) is 4.20. The van der Waals surface area contributed by atoms with E-state index in [1.165, 1.54) is 5.56 Å². The van der Waals surface area contributed by atoms with Gasteiger partial charge in [0.25, 0.3) is 0 Å². The summed E-state index contributed by atoms with van der Waals surface area (Å²) in [5, 5.41) is 4.08. The lowest BCUT2D eigenvalue weighted by molar-refractivity contribution is 1.06. The lowest BCUT2D eigenvalue weighted by Crippen LogP contribution is -2.11. The van der Waals surface area contributed by atoms with Crippen LogP contribution in [0.1, 0.15) is 18.1 Å². The van der Waals surface area contributed by atoms with E-state index in [9.17, 15) is 0 Å². The maximum absolute atomic E-state index is 4.74. The minimum absolute atomic E-state index is 0.372. The summed E-state index contributed by atoms with van der Waals surface area (Å²) in [5.74, 6) is 0. The predicted octanol–water partition coefficient (Wildman–Crippen LogP) is 2.52. The van der Waals surface area contributed by atoms with Crippen molar-refractivity contribution in [1.82, 2.24) is 5.43 Å². The SMILES string of the molecule is CC(=NNC(=S)S)c1cccc(C)c1. The molecule has 1 aromatic carbocycles. The number of nitrogens with one attached hydrogen (secondary N) is 1. The van der Waals surface area contributed by atoms with Gasteiger partial charge in [-0.2, -0.15) is 5.10 Å². The molecule has 0 bridgehead atoms. The fraction of sp³-hybridized carbons (Fsp3) is 0.200. The molecule has 0 saturated carbocycles. The lowest BCUT2D eigenvalue weighted by atomic mass is 10.1. The maximum atomic E-state index is 4.74. The zero-order chi connectivity index (χ0) is 10.6. The first-order valence-corrected chi connectivity index (χ1v) is 5.05. The van der Waals surface area contributed by atoms with Crippen LogP contribution in [0.5, 0.6) is 0 Å². The molecule has 0 aliphatic heterocycles. The average molecular weight is 224 g/mol. The van der Waals surface area contributed by atoms with Crippen molar-refractivity contribution in [3.05, 3.63) is 35.4 Å². The molecule has 0 unspecified atom stereocenters. The highest BCUT2D eigenvalue weighted by atomic mass is 32.1. The number of rotatable bonds is 2. The molecule has 2 nitrogen and oxygen atoms in total. The molecule has 0 heterocycles. The number of benzene rings is 1. The van der Waals surface area contributed by atoms with Gasteiger partial charge in [-0.3, -0.25) is 5.43 Å². The van der Waals surface area contributed by atoms with Crippen LogP contribution in [0.3, 0.4) is 0 Å². The number of nitrogens with zero attached hydrogens (tertiary/aromatic N) is 1. The molecule has 4 heteroatoms. The summed E-state index contributed by atoms with van der Waals surface area (Å²) >= 11 is 8.65. The number of hydrogen-bond acceptors (Lipinski definition) is 2. The van der Waals surface area contributed by atoms with Gasteiger partial charge < -0.3 is 0 Å². The van der Waals surface area contributed by atoms with Crippen LogP contribution in [0.25, 0.3) is 0 Å². The van der Waals surface area contributed by atoms with E-state index in [0.29, 0.717) is 4.32 Å². The third kappa shape index (κ3) is 3.47. The minimum Gasteiger partial charge on any atom is -0.262 e. The van der Waals surface area contributed by atoms with E-state index in [1.54, 1.807) is 0 Å². The molecule has 0 aromatic heterocycles. The largest absolute Gasteiger partial charge is 0.262 e. The van der Waals surface area contributed by atoms with Gasteiger partial charge in [0.05, 0.1) is 5.71 Å². The summed E-state index contributed by atoms with van der Waals surface area (Å²) < 4.78 is 0.372. The summed E-state index contributed by atoms with van der Waals surface area (Å²) in [6.07, 6.45) is 0. The molecule has 0 amide bonds. The van der Waals surface area contributed by atoms with E-state index >= 15 is 0 Å². The van der Waals surface area contributed by atoms with E-state index in [1.807, 2.05) is 32.0 Å². The van der Waals surface area contributed by atoms with Crippen molar-refractivity contribution < 1.29 is 0 Å². The summed E-state index contributed by atoms with van der Waals surface area (Å²) in [6.45, 7) is 3.97. The molecule has 0 atom stereocenters. The maximum Gasteiger partial charge on any atom is 0.150 e. The highest BCUT2D eigenvalue weighted by Crippen LogP contribution is 2.04. The van der Waals surface area contributed by atoms with Gasteiger partial charge in [-0.25, -0.2) is 0 Å². The predicted molar refractivity (Wildman–Crippen MR) is 68.1 cm³/mol. The van der Waals surface area contributed by atoms with Crippen LogP contribution in [0.4, 0.5) is 0 Å². The minimum atomic E-state index is 0.372. The molecule has 1 rings (SSSR count). The third-order valence-electron chi connectivity index (χ3n) is 1.76. The van der Waals surface area contributed by atoms with Crippen molar-refractivity contribution in [2.45, 2.75) is 13.8 Å².